The summed E-state index contributed by atoms with van der Waals surface area (Å²) in [6, 6.07) is 8.19. The lowest BCUT2D eigenvalue weighted by molar-refractivity contribution is 0.133. The summed E-state index contributed by atoms with van der Waals surface area (Å²) in [6.45, 7) is 3.26. The minimum Gasteiger partial charge on any atom is -0.380 e. The van der Waals surface area contributed by atoms with E-state index in [1.165, 1.54) is 5.69 Å². The Balaban J connectivity index is 2.71. The van der Waals surface area contributed by atoms with Crippen LogP contribution in [0.1, 0.15) is 18.5 Å². The second-order valence-electron chi connectivity index (χ2n) is 3.76. The van der Waals surface area contributed by atoms with Crippen molar-refractivity contribution in [3.05, 3.63) is 29.8 Å². The lowest BCUT2D eigenvalue weighted by Crippen LogP contribution is -2.18. The molecule has 0 aliphatic rings. The number of ether oxygens (including phenoxy) is 1. The van der Waals surface area contributed by atoms with Crippen molar-refractivity contribution >= 4 is 5.69 Å². The second-order valence-corrected chi connectivity index (χ2v) is 3.76. The van der Waals surface area contributed by atoms with Crippen molar-refractivity contribution in [2.75, 3.05) is 32.2 Å². The van der Waals surface area contributed by atoms with Gasteiger partial charge in [-0.25, -0.2) is 0 Å². The van der Waals surface area contributed by atoms with Gasteiger partial charge in [-0.05, 0) is 24.6 Å². The first-order valence-electron chi connectivity index (χ1n) is 5.25. The molecule has 15 heavy (non-hydrogen) atoms. The zero-order valence-corrected chi connectivity index (χ0v) is 9.73. The monoisotopic (exact) mass is 208 g/mol. The average Bonchev–Trinajstić information content (AvgIpc) is 2.26. The molecule has 3 nitrogen and oxygen atoms in total. The topological polar surface area (TPSA) is 38.5 Å². The standard InChI is InChI=1S/C12H20N2O/c1-4-15-9-12(13)10-6-5-7-11(8-10)14(2)3/h5-8,12H,4,9,13H2,1-3H3. The summed E-state index contributed by atoms with van der Waals surface area (Å²) in [5.41, 5.74) is 8.29. The van der Waals surface area contributed by atoms with E-state index in [-0.39, 0.29) is 6.04 Å². The fraction of sp³-hybridized carbons (Fsp3) is 0.500. The molecule has 0 bridgehead atoms. The first-order chi connectivity index (χ1) is 7.15. The Hall–Kier alpha value is -1.06. The minimum atomic E-state index is -0.0372. The Morgan fingerprint density at radius 3 is 2.73 bits per heavy atom. The lowest BCUT2D eigenvalue weighted by Gasteiger charge is -2.16. The fourth-order valence-electron chi connectivity index (χ4n) is 1.37. The summed E-state index contributed by atoms with van der Waals surface area (Å²) in [6.07, 6.45) is 0. The van der Waals surface area contributed by atoms with Gasteiger partial charge in [0.2, 0.25) is 0 Å². The van der Waals surface area contributed by atoms with Crippen LogP contribution >= 0.6 is 0 Å². The van der Waals surface area contributed by atoms with Gasteiger partial charge in [0, 0.05) is 26.4 Å². The number of rotatable bonds is 5. The molecule has 1 atom stereocenters. The molecule has 1 rings (SSSR count). The third kappa shape index (κ3) is 3.53. The van der Waals surface area contributed by atoms with Crippen LogP contribution < -0.4 is 10.6 Å². The number of benzene rings is 1. The quantitative estimate of drug-likeness (QED) is 0.801. The summed E-state index contributed by atoms with van der Waals surface area (Å²) in [5, 5.41) is 0. The van der Waals surface area contributed by atoms with Gasteiger partial charge in [-0.1, -0.05) is 12.1 Å². The maximum Gasteiger partial charge on any atom is 0.0659 e. The molecule has 0 spiro atoms. The van der Waals surface area contributed by atoms with Crippen molar-refractivity contribution in [1.82, 2.24) is 0 Å². The van der Waals surface area contributed by atoms with Crippen LogP contribution in [-0.2, 0) is 4.74 Å². The van der Waals surface area contributed by atoms with Crippen molar-refractivity contribution in [3.63, 3.8) is 0 Å². The number of anilines is 1. The van der Waals surface area contributed by atoms with Gasteiger partial charge < -0.3 is 15.4 Å². The van der Waals surface area contributed by atoms with Crippen LogP contribution in [0.4, 0.5) is 5.69 Å². The number of nitrogens with two attached hydrogens (primary N) is 1. The van der Waals surface area contributed by atoms with E-state index in [1.807, 2.05) is 33.2 Å². The largest absolute Gasteiger partial charge is 0.380 e. The molecule has 84 valence electrons. The van der Waals surface area contributed by atoms with E-state index in [9.17, 15) is 0 Å². The predicted molar refractivity (Wildman–Crippen MR) is 64.2 cm³/mol. The first kappa shape index (κ1) is 12.0. The van der Waals surface area contributed by atoms with Gasteiger partial charge in [0.1, 0.15) is 0 Å². The Bertz CT molecular complexity index is 299. The van der Waals surface area contributed by atoms with Gasteiger partial charge in [0.05, 0.1) is 12.6 Å². The minimum absolute atomic E-state index is 0.0372. The highest BCUT2D eigenvalue weighted by Gasteiger charge is 2.06. The molecule has 0 heterocycles. The third-order valence-electron chi connectivity index (χ3n) is 2.32. The van der Waals surface area contributed by atoms with Crippen LogP contribution in [0.25, 0.3) is 0 Å². The summed E-state index contributed by atoms with van der Waals surface area (Å²) < 4.78 is 5.31. The van der Waals surface area contributed by atoms with E-state index in [0.717, 1.165) is 5.56 Å². The SMILES string of the molecule is CCOCC(N)c1cccc(N(C)C)c1. The molecule has 0 aliphatic carbocycles. The predicted octanol–water partition coefficient (Wildman–Crippen LogP) is 1.79. The molecule has 0 saturated carbocycles. The Morgan fingerprint density at radius 1 is 1.40 bits per heavy atom. The van der Waals surface area contributed by atoms with Gasteiger partial charge >= 0.3 is 0 Å². The van der Waals surface area contributed by atoms with Crippen LogP contribution in [0, 0.1) is 0 Å². The molecular weight excluding hydrogens is 188 g/mol. The highest BCUT2D eigenvalue weighted by Crippen LogP contribution is 2.18. The first-order valence-corrected chi connectivity index (χ1v) is 5.25. The van der Waals surface area contributed by atoms with Crippen LogP contribution in [0.5, 0.6) is 0 Å². The summed E-state index contributed by atoms with van der Waals surface area (Å²) in [7, 11) is 4.04. The maximum atomic E-state index is 6.01. The zero-order chi connectivity index (χ0) is 11.3. The van der Waals surface area contributed by atoms with Crippen LogP contribution in [0.3, 0.4) is 0 Å². The molecule has 1 unspecified atom stereocenters. The molecule has 0 fully saturated rings. The highest BCUT2D eigenvalue weighted by atomic mass is 16.5. The molecule has 0 radical (unpaired) electrons. The Kier molecular flexibility index (Phi) is 4.59. The van der Waals surface area contributed by atoms with Crippen molar-refractivity contribution in [2.24, 2.45) is 5.73 Å². The van der Waals surface area contributed by atoms with Gasteiger partial charge in [0.15, 0.2) is 0 Å². The van der Waals surface area contributed by atoms with Crippen molar-refractivity contribution in [2.45, 2.75) is 13.0 Å². The summed E-state index contributed by atoms with van der Waals surface area (Å²) >= 11 is 0. The highest BCUT2D eigenvalue weighted by molar-refractivity contribution is 5.47. The van der Waals surface area contributed by atoms with Gasteiger partial charge in [-0.2, -0.15) is 0 Å². The maximum absolute atomic E-state index is 6.01. The molecule has 2 N–H and O–H groups in total. The van der Waals surface area contributed by atoms with Crippen molar-refractivity contribution < 1.29 is 4.74 Å². The van der Waals surface area contributed by atoms with E-state index >= 15 is 0 Å². The van der Waals surface area contributed by atoms with E-state index in [1.54, 1.807) is 0 Å². The molecule has 1 aromatic rings. The van der Waals surface area contributed by atoms with Gasteiger partial charge in [0.25, 0.3) is 0 Å². The zero-order valence-electron chi connectivity index (χ0n) is 9.73. The van der Waals surface area contributed by atoms with Crippen molar-refractivity contribution in [1.29, 1.82) is 0 Å². The summed E-state index contributed by atoms with van der Waals surface area (Å²) in [5.74, 6) is 0. The van der Waals surface area contributed by atoms with Crippen LogP contribution in [0.2, 0.25) is 0 Å². The third-order valence-corrected chi connectivity index (χ3v) is 2.32. The van der Waals surface area contributed by atoms with Crippen molar-refractivity contribution in [3.8, 4) is 0 Å². The van der Waals surface area contributed by atoms with E-state index in [0.29, 0.717) is 13.2 Å². The number of hydrogen-bond donors (Lipinski definition) is 1. The smallest absolute Gasteiger partial charge is 0.0659 e. The second kappa shape index (κ2) is 5.73. The summed E-state index contributed by atoms with van der Waals surface area (Å²) in [4.78, 5) is 2.07. The normalized spacial score (nSPS) is 12.5. The van der Waals surface area contributed by atoms with Crippen LogP contribution in [-0.4, -0.2) is 27.3 Å². The molecule has 1 aromatic carbocycles. The van der Waals surface area contributed by atoms with Gasteiger partial charge in [-0.3, -0.25) is 0 Å². The number of nitrogens with zero attached hydrogens (tertiary/aromatic N) is 1. The fourth-order valence-corrected chi connectivity index (χ4v) is 1.37. The molecule has 0 saturated heterocycles. The number of hydrogen-bond acceptors (Lipinski definition) is 3. The van der Waals surface area contributed by atoms with E-state index < -0.39 is 0 Å². The molecule has 0 amide bonds. The molecule has 0 aromatic heterocycles. The van der Waals surface area contributed by atoms with E-state index in [4.69, 9.17) is 10.5 Å². The Labute approximate surface area is 91.8 Å². The van der Waals surface area contributed by atoms with Crippen LogP contribution in [0.15, 0.2) is 24.3 Å². The van der Waals surface area contributed by atoms with Gasteiger partial charge in [-0.15, -0.1) is 0 Å². The van der Waals surface area contributed by atoms with E-state index in [2.05, 4.69) is 17.0 Å². The average molecular weight is 208 g/mol. The molecule has 3 heteroatoms. The molecule has 0 aliphatic heterocycles. The lowest BCUT2D eigenvalue weighted by atomic mass is 10.1. The Morgan fingerprint density at radius 2 is 2.13 bits per heavy atom. The molecular formula is C12H20N2O.